The van der Waals surface area contributed by atoms with E-state index in [1.54, 1.807) is 0 Å². The fraction of sp³-hybridized carbons (Fsp3) is 0.176. The minimum absolute atomic E-state index is 0.467. The van der Waals surface area contributed by atoms with Gasteiger partial charge >= 0.3 is 8.03 Å². The van der Waals surface area contributed by atoms with Crippen molar-refractivity contribution in [3.63, 3.8) is 0 Å². The van der Waals surface area contributed by atoms with E-state index in [1.165, 1.54) is 16.2 Å². The monoisotopic (exact) mass is 283 g/mol. The third kappa shape index (κ3) is 2.45. The molecule has 0 amide bonds. The molecule has 0 saturated carbocycles. The smallest absolute Gasteiger partial charge is 0.146 e. The van der Waals surface area contributed by atoms with Crippen LogP contribution < -0.4 is 0 Å². The third-order valence-electron chi connectivity index (χ3n) is 3.43. The lowest BCUT2D eigenvalue weighted by Crippen LogP contribution is -1.88. The van der Waals surface area contributed by atoms with Crippen molar-refractivity contribution in [2.45, 2.75) is 13.1 Å². The Kier molecular flexibility index (Phi) is 3.77. The summed E-state index contributed by atoms with van der Waals surface area (Å²) in [6, 6.07) is 18.7. The van der Waals surface area contributed by atoms with Crippen LogP contribution >= 0.6 is 8.03 Å². The molecule has 3 aromatic rings. The van der Waals surface area contributed by atoms with Gasteiger partial charge in [-0.3, -0.25) is 0 Å². The molecule has 0 heterocycles. The summed E-state index contributed by atoms with van der Waals surface area (Å²) in [5, 5.41) is 4.79. The lowest BCUT2D eigenvalue weighted by Gasteiger charge is -2.07. The van der Waals surface area contributed by atoms with Gasteiger partial charge in [-0.05, 0) is 39.1 Å². The maximum absolute atomic E-state index is 11.9. The SMILES string of the molecule is CCO[P+](=O)Cc1cc2ccccc2c2ccccc12. The van der Waals surface area contributed by atoms with Gasteiger partial charge in [-0.15, -0.1) is 4.52 Å². The Morgan fingerprint density at radius 2 is 1.60 bits per heavy atom. The zero-order valence-electron chi connectivity index (χ0n) is 11.4. The zero-order valence-corrected chi connectivity index (χ0v) is 12.3. The average molecular weight is 283 g/mol. The Labute approximate surface area is 119 Å². The molecule has 3 heteroatoms. The second kappa shape index (κ2) is 5.70. The summed E-state index contributed by atoms with van der Waals surface area (Å²) in [4.78, 5) is 0. The highest BCUT2D eigenvalue weighted by Gasteiger charge is 2.19. The largest absolute Gasteiger partial charge is 0.512 e. The molecule has 2 nitrogen and oxygen atoms in total. The van der Waals surface area contributed by atoms with Crippen molar-refractivity contribution in [3.8, 4) is 0 Å². The molecule has 0 aliphatic rings. The van der Waals surface area contributed by atoms with Crippen molar-refractivity contribution in [1.82, 2.24) is 0 Å². The van der Waals surface area contributed by atoms with Gasteiger partial charge in [0.2, 0.25) is 6.16 Å². The Morgan fingerprint density at radius 3 is 2.35 bits per heavy atom. The summed E-state index contributed by atoms with van der Waals surface area (Å²) in [5.41, 5.74) is 1.09. The van der Waals surface area contributed by atoms with E-state index in [-0.39, 0.29) is 0 Å². The maximum Gasteiger partial charge on any atom is 0.512 e. The minimum Gasteiger partial charge on any atom is -0.146 e. The molecule has 20 heavy (non-hydrogen) atoms. The topological polar surface area (TPSA) is 26.3 Å². The van der Waals surface area contributed by atoms with E-state index in [4.69, 9.17) is 4.52 Å². The van der Waals surface area contributed by atoms with Crippen molar-refractivity contribution in [3.05, 3.63) is 60.2 Å². The van der Waals surface area contributed by atoms with Crippen LogP contribution in [0.15, 0.2) is 54.6 Å². The van der Waals surface area contributed by atoms with Crippen LogP contribution in [0.3, 0.4) is 0 Å². The zero-order chi connectivity index (χ0) is 13.9. The van der Waals surface area contributed by atoms with E-state index >= 15 is 0 Å². The highest BCUT2D eigenvalue weighted by atomic mass is 31.1. The van der Waals surface area contributed by atoms with E-state index in [1.807, 2.05) is 25.1 Å². The van der Waals surface area contributed by atoms with Gasteiger partial charge in [0.15, 0.2) is 0 Å². The van der Waals surface area contributed by atoms with Gasteiger partial charge in [0.05, 0.1) is 6.61 Å². The first kappa shape index (κ1) is 13.2. The summed E-state index contributed by atoms with van der Waals surface area (Å²) in [6.07, 6.45) is 0.467. The highest BCUT2D eigenvalue weighted by molar-refractivity contribution is 7.38. The normalized spacial score (nSPS) is 11.9. The molecular formula is C17H16O2P+. The molecule has 0 spiro atoms. The molecule has 0 aromatic heterocycles. The van der Waals surface area contributed by atoms with Gasteiger partial charge in [0, 0.05) is 5.56 Å². The lowest BCUT2D eigenvalue weighted by molar-refractivity contribution is 0.350. The van der Waals surface area contributed by atoms with Gasteiger partial charge < -0.3 is 0 Å². The van der Waals surface area contributed by atoms with Crippen LogP contribution in [0.4, 0.5) is 0 Å². The molecule has 0 fully saturated rings. The second-order valence-electron chi connectivity index (χ2n) is 4.71. The molecule has 0 aliphatic carbocycles. The number of hydrogen-bond acceptors (Lipinski definition) is 2. The van der Waals surface area contributed by atoms with Gasteiger partial charge in [0.25, 0.3) is 0 Å². The van der Waals surface area contributed by atoms with Crippen LogP contribution in [0.25, 0.3) is 21.5 Å². The van der Waals surface area contributed by atoms with Crippen LogP contribution in [0, 0.1) is 0 Å². The van der Waals surface area contributed by atoms with Crippen molar-refractivity contribution in [2.75, 3.05) is 6.61 Å². The first-order chi connectivity index (χ1) is 9.79. The van der Waals surface area contributed by atoms with Crippen LogP contribution in [0.1, 0.15) is 12.5 Å². The Bertz CT molecular complexity index is 780. The minimum atomic E-state index is -1.64. The van der Waals surface area contributed by atoms with Crippen LogP contribution in [0.5, 0.6) is 0 Å². The number of fused-ring (bicyclic) bond motifs is 3. The van der Waals surface area contributed by atoms with E-state index in [2.05, 4.69) is 36.4 Å². The molecule has 1 unspecified atom stereocenters. The predicted molar refractivity (Wildman–Crippen MR) is 84.4 cm³/mol. The lowest BCUT2D eigenvalue weighted by atomic mass is 9.98. The summed E-state index contributed by atoms with van der Waals surface area (Å²) >= 11 is 0. The third-order valence-corrected chi connectivity index (χ3v) is 4.57. The van der Waals surface area contributed by atoms with Gasteiger partial charge in [0.1, 0.15) is 0 Å². The Balaban J connectivity index is 2.21. The fourth-order valence-electron chi connectivity index (χ4n) is 2.59. The summed E-state index contributed by atoms with van der Waals surface area (Å²) in [5.74, 6) is 0. The summed E-state index contributed by atoms with van der Waals surface area (Å²) < 4.78 is 17.1. The number of hydrogen-bond donors (Lipinski definition) is 0. The summed E-state index contributed by atoms with van der Waals surface area (Å²) in [6.45, 7) is 2.35. The second-order valence-corrected chi connectivity index (χ2v) is 5.95. The van der Waals surface area contributed by atoms with Crippen LogP contribution in [-0.4, -0.2) is 6.61 Å². The Morgan fingerprint density at radius 1 is 0.950 bits per heavy atom. The predicted octanol–water partition coefficient (Wildman–Crippen LogP) is 5.27. The van der Waals surface area contributed by atoms with Crippen molar-refractivity contribution < 1.29 is 9.09 Å². The molecule has 0 saturated heterocycles. The molecule has 0 aliphatic heterocycles. The van der Waals surface area contributed by atoms with Crippen molar-refractivity contribution in [1.29, 1.82) is 0 Å². The van der Waals surface area contributed by atoms with Crippen molar-refractivity contribution >= 4 is 29.6 Å². The van der Waals surface area contributed by atoms with Gasteiger partial charge in [-0.25, -0.2) is 0 Å². The first-order valence-electron chi connectivity index (χ1n) is 6.76. The van der Waals surface area contributed by atoms with E-state index in [9.17, 15) is 4.57 Å². The first-order valence-corrected chi connectivity index (χ1v) is 8.13. The highest BCUT2D eigenvalue weighted by Crippen LogP contribution is 2.35. The molecule has 0 N–H and O–H groups in total. The molecule has 100 valence electrons. The summed E-state index contributed by atoms with van der Waals surface area (Å²) in [7, 11) is -1.64. The molecular weight excluding hydrogens is 267 g/mol. The van der Waals surface area contributed by atoms with E-state index in [0.29, 0.717) is 12.8 Å². The average Bonchev–Trinajstić information content (AvgIpc) is 2.48. The standard InChI is InChI=1S/C17H16O2P/c1-2-19-20(18)12-14-11-13-7-3-4-8-15(13)17-10-6-5-9-16(14)17/h3-11H,2,12H2,1H3/q+1. The maximum atomic E-state index is 11.9. The van der Waals surface area contributed by atoms with Crippen LogP contribution in [-0.2, 0) is 15.3 Å². The molecule has 0 bridgehead atoms. The fourth-order valence-corrected chi connectivity index (χ4v) is 3.51. The van der Waals surface area contributed by atoms with Crippen molar-refractivity contribution in [2.24, 2.45) is 0 Å². The number of rotatable bonds is 4. The quantitative estimate of drug-likeness (QED) is 0.481. The molecule has 1 atom stereocenters. The van der Waals surface area contributed by atoms with E-state index < -0.39 is 8.03 Å². The molecule has 0 radical (unpaired) electrons. The van der Waals surface area contributed by atoms with Gasteiger partial charge in [-0.2, -0.15) is 0 Å². The number of benzene rings is 3. The molecule has 3 aromatic carbocycles. The Hall–Kier alpha value is -1.76. The van der Waals surface area contributed by atoms with Gasteiger partial charge in [-0.1, -0.05) is 48.5 Å². The molecule has 3 rings (SSSR count). The van der Waals surface area contributed by atoms with Crippen LogP contribution in [0.2, 0.25) is 0 Å². The van der Waals surface area contributed by atoms with E-state index in [0.717, 1.165) is 10.9 Å².